The molecule has 0 saturated heterocycles. The number of hydrogen-bond donors (Lipinski definition) is 1. The summed E-state index contributed by atoms with van der Waals surface area (Å²) in [5.41, 5.74) is 0.371. The van der Waals surface area contributed by atoms with Gasteiger partial charge < -0.3 is 9.52 Å². The summed E-state index contributed by atoms with van der Waals surface area (Å²) in [7, 11) is 0. The zero-order valence-electron chi connectivity index (χ0n) is 11.2. The molecule has 0 aliphatic carbocycles. The maximum Gasteiger partial charge on any atom is 0.336 e. The predicted octanol–water partition coefficient (Wildman–Crippen LogP) is 4.07. The van der Waals surface area contributed by atoms with E-state index in [0.717, 1.165) is 17.8 Å². The predicted molar refractivity (Wildman–Crippen MR) is 80.1 cm³/mol. The second-order valence-corrected chi connectivity index (χ2v) is 5.65. The summed E-state index contributed by atoms with van der Waals surface area (Å²) in [5, 5.41) is 10.1. The van der Waals surface area contributed by atoms with E-state index in [1.807, 2.05) is 0 Å². The van der Waals surface area contributed by atoms with E-state index in [0.29, 0.717) is 21.6 Å². The molecule has 3 nitrogen and oxygen atoms in total. The Labute approximate surface area is 128 Å². The summed E-state index contributed by atoms with van der Waals surface area (Å²) >= 11 is 1.15. The van der Waals surface area contributed by atoms with Crippen molar-refractivity contribution in [3.05, 3.63) is 70.1 Å². The zero-order valence-corrected chi connectivity index (χ0v) is 12.0. The zero-order chi connectivity index (χ0) is 15.7. The molecule has 1 N–H and O–H groups in total. The molecule has 0 aliphatic heterocycles. The first-order chi connectivity index (χ1) is 10.5. The lowest BCUT2D eigenvalue weighted by Gasteiger charge is -2.06. The van der Waals surface area contributed by atoms with Gasteiger partial charge in [-0.2, -0.15) is 0 Å². The van der Waals surface area contributed by atoms with E-state index < -0.39 is 17.3 Å². The first-order valence-corrected chi connectivity index (χ1v) is 7.35. The number of aromatic hydroxyl groups is 1. The van der Waals surface area contributed by atoms with Gasteiger partial charge in [-0.25, -0.2) is 13.6 Å². The molecule has 0 fully saturated rings. The lowest BCUT2D eigenvalue weighted by atomic mass is 10.1. The number of phenols is 1. The van der Waals surface area contributed by atoms with Crippen LogP contribution in [0.5, 0.6) is 5.75 Å². The Kier molecular flexibility index (Phi) is 3.85. The van der Waals surface area contributed by atoms with Gasteiger partial charge in [0, 0.05) is 34.2 Å². The highest BCUT2D eigenvalue weighted by molar-refractivity contribution is 7.98. The third-order valence-electron chi connectivity index (χ3n) is 3.09. The van der Waals surface area contributed by atoms with E-state index in [1.165, 1.54) is 30.3 Å². The molecule has 2 aromatic carbocycles. The molecular formula is C16H10F2O3S. The van der Waals surface area contributed by atoms with Crippen LogP contribution in [-0.2, 0) is 5.75 Å². The lowest BCUT2D eigenvalue weighted by Crippen LogP contribution is -1.99. The van der Waals surface area contributed by atoms with Crippen LogP contribution in [0.25, 0.3) is 11.0 Å². The topological polar surface area (TPSA) is 50.4 Å². The smallest absolute Gasteiger partial charge is 0.336 e. The van der Waals surface area contributed by atoms with Crippen LogP contribution in [0.15, 0.2) is 56.6 Å². The van der Waals surface area contributed by atoms with Gasteiger partial charge in [-0.15, -0.1) is 11.8 Å². The largest absolute Gasteiger partial charge is 0.508 e. The maximum atomic E-state index is 13.6. The van der Waals surface area contributed by atoms with Crippen LogP contribution >= 0.6 is 11.8 Å². The van der Waals surface area contributed by atoms with Gasteiger partial charge in [0.25, 0.3) is 0 Å². The number of phenolic OH excluding ortho intramolecular Hbond substituents is 1. The van der Waals surface area contributed by atoms with E-state index in [-0.39, 0.29) is 11.3 Å². The number of benzene rings is 2. The highest BCUT2D eigenvalue weighted by Gasteiger charge is 2.09. The van der Waals surface area contributed by atoms with Crippen molar-refractivity contribution < 1.29 is 18.3 Å². The van der Waals surface area contributed by atoms with Gasteiger partial charge in [0.1, 0.15) is 23.0 Å². The van der Waals surface area contributed by atoms with Gasteiger partial charge in [-0.3, -0.25) is 0 Å². The molecular weight excluding hydrogens is 310 g/mol. The van der Waals surface area contributed by atoms with Gasteiger partial charge in [0.15, 0.2) is 0 Å². The summed E-state index contributed by atoms with van der Waals surface area (Å²) < 4.78 is 31.5. The summed E-state index contributed by atoms with van der Waals surface area (Å²) in [6.45, 7) is 0. The van der Waals surface area contributed by atoms with Crippen LogP contribution in [0.2, 0.25) is 0 Å². The van der Waals surface area contributed by atoms with Crippen molar-refractivity contribution in [2.45, 2.75) is 10.6 Å². The van der Waals surface area contributed by atoms with E-state index in [2.05, 4.69) is 0 Å². The van der Waals surface area contributed by atoms with Crippen molar-refractivity contribution in [2.75, 3.05) is 0 Å². The molecule has 0 radical (unpaired) electrons. The Hall–Kier alpha value is -2.34. The third kappa shape index (κ3) is 2.96. The number of halogens is 2. The fourth-order valence-corrected chi connectivity index (χ4v) is 3.00. The minimum absolute atomic E-state index is 0.00923. The summed E-state index contributed by atoms with van der Waals surface area (Å²) in [5.74, 6) is -0.974. The molecule has 3 rings (SSSR count). The second kappa shape index (κ2) is 5.81. The van der Waals surface area contributed by atoms with Crippen LogP contribution in [0.3, 0.4) is 0 Å². The van der Waals surface area contributed by atoms with Crippen molar-refractivity contribution in [3.8, 4) is 5.75 Å². The highest BCUT2D eigenvalue weighted by Crippen LogP contribution is 2.29. The molecule has 0 bridgehead atoms. The van der Waals surface area contributed by atoms with Crippen molar-refractivity contribution in [1.82, 2.24) is 0 Å². The number of hydrogen-bond acceptors (Lipinski definition) is 4. The summed E-state index contributed by atoms with van der Waals surface area (Å²) in [6.07, 6.45) is 0. The van der Waals surface area contributed by atoms with E-state index >= 15 is 0 Å². The molecule has 0 amide bonds. The minimum Gasteiger partial charge on any atom is -0.508 e. The van der Waals surface area contributed by atoms with Crippen LogP contribution in [-0.4, -0.2) is 5.11 Å². The molecule has 1 heterocycles. The Morgan fingerprint density at radius 2 is 1.91 bits per heavy atom. The molecule has 6 heteroatoms. The lowest BCUT2D eigenvalue weighted by molar-refractivity contribution is 0.473. The van der Waals surface area contributed by atoms with E-state index in [9.17, 15) is 18.7 Å². The second-order valence-electron chi connectivity index (χ2n) is 4.63. The van der Waals surface area contributed by atoms with Crippen molar-refractivity contribution in [1.29, 1.82) is 0 Å². The van der Waals surface area contributed by atoms with Crippen LogP contribution < -0.4 is 5.63 Å². The van der Waals surface area contributed by atoms with Crippen molar-refractivity contribution in [2.24, 2.45) is 0 Å². The molecule has 0 atom stereocenters. The van der Waals surface area contributed by atoms with Crippen LogP contribution in [0, 0.1) is 11.6 Å². The van der Waals surface area contributed by atoms with Gasteiger partial charge >= 0.3 is 5.63 Å². The standard InChI is InChI=1S/C16H10F2O3S/c17-10-1-4-15(13(18)6-10)22-8-9-5-16(20)21-14-7-11(19)2-3-12(9)14/h1-7,19H,8H2. The average molecular weight is 320 g/mol. The molecule has 0 aliphatic rings. The Bertz CT molecular complexity index is 906. The van der Waals surface area contributed by atoms with Gasteiger partial charge in [-0.05, 0) is 29.8 Å². The van der Waals surface area contributed by atoms with Crippen LogP contribution in [0.1, 0.15) is 5.56 Å². The minimum atomic E-state index is -0.644. The summed E-state index contributed by atoms with van der Waals surface area (Å²) in [4.78, 5) is 11.9. The van der Waals surface area contributed by atoms with Gasteiger partial charge in [0.05, 0.1) is 0 Å². The average Bonchev–Trinajstić information content (AvgIpc) is 2.45. The van der Waals surface area contributed by atoms with Crippen molar-refractivity contribution in [3.63, 3.8) is 0 Å². The first-order valence-electron chi connectivity index (χ1n) is 6.36. The maximum absolute atomic E-state index is 13.6. The number of thioether (sulfide) groups is 1. The Morgan fingerprint density at radius 3 is 2.68 bits per heavy atom. The molecule has 112 valence electrons. The van der Waals surface area contributed by atoms with E-state index in [4.69, 9.17) is 4.42 Å². The van der Waals surface area contributed by atoms with Crippen molar-refractivity contribution >= 4 is 22.7 Å². The molecule has 1 aromatic heterocycles. The Morgan fingerprint density at radius 1 is 1.09 bits per heavy atom. The fourth-order valence-electron chi connectivity index (χ4n) is 2.09. The summed E-state index contributed by atoms with van der Waals surface area (Å²) in [6, 6.07) is 9.14. The third-order valence-corrected chi connectivity index (χ3v) is 4.19. The number of rotatable bonds is 3. The van der Waals surface area contributed by atoms with Crippen LogP contribution in [0.4, 0.5) is 8.78 Å². The normalized spacial score (nSPS) is 11.0. The first kappa shape index (κ1) is 14.6. The molecule has 3 aromatic rings. The van der Waals surface area contributed by atoms with Gasteiger partial charge in [0.2, 0.25) is 0 Å². The van der Waals surface area contributed by atoms with E-state index in [1.54, 1.807) is 6.07 Å². The van der Waals surface area contributed by atoms with Gasteiger partial charge in [-0.1, -0.05) is 0 Å². The SMILES string of the molecule is O=c1cc(CSc2ccc(F)cc2F)c2ccc(O)cc2o1. The number of fused-ring (bicyclic) bond motifs is 1. The quantitative estimate of drug-likeness (QED) is 0.584. The highest BCUT2D eigenvalue weighted by atomic mass is 32.2. The monoisotopic (exact) mass is 320 g/mol. The Balaban J connectivity index is 1.95. The molecule has 0 spiro atoms. The molecule has 22 heavy (non-hydrogen) atoms. The fraction of sp³-hybridized carbons (Fsp3) is 0.0625. The molecule has 0 unspecified atom stereocenters. The molecule has 0 saturated carbocycles.